The minimum absolute atomic E-state index is 0.175. The number of thioether (sulfide) groups is 1. The third-order valence-corrected chi connectivity index (χ3v) is 5.45. The molecule has 0 atom stereocenters. The van der Waals surface area contributed by atoms with Crippen LogP contribution in [0.1, 0.15) is 41.4 Å². The molecule has 1 fully saturated rings. The second kappa shape index (κ2) is 7.16. The number of benzene rings is 1. The van der Waals surface area contributed by atoms with Gasteiger partial charge in [-0.1, -0.05) is 13.0 Å². The first kappa shape index (κ1) is 18.5. The molecular weight excluding hydrogens is 344 g/mol. The van der Waals surface area contributed by atoms with Crippen LogP contribution in [-0.4, -0.2) is 27.2 Å². The molecule has 4 nitrogen and oxygen atoms in total. The molecule has 0 N–H and O–H groups in total. The Balaban J connectivity index is 2.01. The van der Waals surface area contributed by atoms with E-state index in [1.165, 1.54) is 16.0 Å². The molecule has 3 rings (SSSR count). The molecular formula is C21H24N2O2S. The summed E-state index contributed by atoms with van der Waals surface area (Å²) in [5, 5.41) is -0.175. The molecule has 2 aromatic rings. The molecule has 1 aliphatic heterocycles. The highest BCUT2D eigenvalue weighted by Gasteiger charge is 2.34. The van der Waals surface area contributed by atoms with Crippen molar-refractivity contribution >= 4 is 29.0 Å². The monoisotopic (exact) mass is 368 g/mol. The van der Waals surface area contributed by atoms with E-state index in [9.17, 15) is 9.59 Å². The Morgan fingerprint density at radius 3 is 2.27 bits per heavy atom. The highest BCUT2D eigenvalue weighted by molar-refractivity contribution is 8.18. The van der Waals surface area contributed by atoms with Crippen LogP contribution in [0.25, 0.3) is 11.8 Å². The molecule has 0 unspecified atom stereocenters. The normalized spacial score (nSPS) is 16.2. The number of carbonyl (C=O) groups is 2. The van der Waals surface area contributed by atoms with Crippen LogP contribution in [0.15, 0.2) is 29.2 Å². The predicted molar refractivity (Wildman–Crippen MR) is 108 cm³/mol. The van der Waals surface area contributed by atoms with Gasteiger partial charge in [0.05, 0.1) is 4.91 Å². The number of hydrogen-bond acceptors (Lipinski definition) is 3. The number of hydrogen-bond donors (Lipinski definition) is 0. The number of nitrogens with zero attached hydrogens (tertiary/aromatic N) is 2. The molecule has 0 aliphatic carbocycles. The third kappa shape index (κ3) is 3.36. The van der Waals surface area contributed by atoms with Crippen molar-refractivity contribution in [1.82, 2.24) is 9.47 Å². The van der Waals surface area contributed by atoms with Crippen LogP contribution in [0.4, 0.5) is 4.79 Å². The highest BCUT2D eigenvalue weighted by Crippen LogP contribution is 2.34. The average molecular weight is 369 g/mol. The fourth-order valence-electron chi connectivity index (χ4n) is 3.47. The summed E-state index contributed by atoms with van der Waals surface area (Å²) in [4.78, 5) is 26.4. The van der Waals surface area contributed by atoms with Gasteiger partial charge in [-0.15, -0.1) is 0 Å². The third-order valence-electron chi connectivity index (χ3n) is 4.54. The first-order chi connectivity index (χ1) is 12.3. The Hall–Kier alpha value is -2.27. The quantitative estimate of drug-likeness (QED) is 0.700. The molecule has 26 heavy (non-hydrogen) atoms. The lowest BCUT2D eigenvalue weighted by Crippen LogP contribution is -2.28. The lowest BCUT2D eigenvalue weighted by molar-refractivity contribution is -0.122. The number of carbonyl (C=O) groups excluding carboxylic acids is 2. The number of aryl methyl sites for hydroxylation is 3. The van der Waals surface area contributed by atoms with E-state index in [0.29, 0.717) is 11.4 Å². The van der Waals surface area contributed by atoms with E-state index in [1.807, 2.05) is 19.9 Å². The van der Waals surface area contributed by atoms with Crippen LogP contribution in [0, 0.1) is 27.7 Å². The van der Waals surface area contributed by atoms with Crippen molar-refractivity contribution in [2.45, 2.75) is 41.0 Å². The van der Waals surface area contributed by atoms with Gasteiger partial charge in [0.1, 0.15) is 0 Å². The highest BCUT2D eigenvalue weighted by atomic mass is 32.2. The van der Waals surface area contributed by atoms with Crippen LogP contribution >= 0.6 is 11.8 Å². The van der Waals surface area contributed by atoms with Crippen molar-refractivity contribution in [3.63, 3.8) is 0 Å². The largest absolute Gasteiger partial charge is 0.318 e. The maximum absolute atomic E-state index is 12.5. The Morgan fingerprint density at radius 2 is 1.65 bits per heavy atom. The van der Waals surface area contributed by atoms with E-state index in [-0.39, 0.29) is 11.1 Å². The van der Waals surface area contributed by atoms with Crippen molar-refractivity contribution in [3.05, 3.63) is 57.2 Å². The Kier molecular flexibility index (Phi) is 5.10. The van der Waals surface area contributed by atoms with Gasteiger partial charge in [-0.25, -0.2) is 0 Å². The predicted octanol–water partition coefficient (Wildman–Crippen LogP) is 5.16. The first-order valence-electron chi connectivity index (χ1n) is 8.84. The van der Waals surface area contributed by atoms with E-state index >= 15 is 0 Å². The summed E-state index contributed by atoms with van der Waals surface area (Å²) in [7, 11) is 0. The average Bonchev–Trinajstić information content (AvgIpc) is 2.97. The molecule has 1 aromatic heterocycles. The van der Waals surface area contributed by atoms with Gasteiger partial charge in [0.2, 0.25) is 0 Å². The van der Waals surface area contributed by atoms with Crippen LogP contribution in [-0.2, 0) is 4.79 Å². The fourth-order valence-corrected chi connectivity index (χ4v) is 4.32. The van der Waals surface area contributed by atoms with E-state index in [0.717, 1.165) is 40.8 Å². The number of amides is 2. The molecule has 5 heteroatoms. The van der Waals surface area contributed by atoms with Crippen molar-refractivity contribution < 1.29 is 9.59 Å². The molecule has 2 amide bonds. The van der Waals surface area contributed by atoms with Crippen molar-refractivity contribution in [3.8, 4) is 5.69 Å². The van der Waals surface area contributed by atoms with Crippen molar-refractivity contribution in [2.75, 3.05) is 6.54 Å². The fraction of sp³-hybridized carbons (Fsp3) is 0.333. The zero-order chi connectivity index (χ0) is 19.0. The van der Waals surface area contributed by atoms with Gasteiger partial charge >= 0.3 is 0 Å². The Morgan fingerprint density at radius 1 is 1.00 bits per heavy atom. The molecule has 1 saturated heterocycles. The van der Waals surface area contributed by atoms with Gasteiger partial charge in [-0.2, -0.15) is 0 Å². The minimum Gasteiger partial charge on any atom is -0.318 e. The molecule has 0 radical (unpaired) electrons. The molecule has 2 heterocycles. The molecule has 1 aromatic carbocycles. The van der Waals surface area contributed by atoms with Gasteiger partial charge in [0.15, 0.2) is 0 Å². The molecule has 0 spiro atoms. The van der Waals surface area contributed by atoms with E-state index in [2.05, 4.69) is 49.6 Å². The Bertz CT molecular complexity index is 904. The standard InChI is InChI=1S/C21H24N2O2S/c1-6-7-22-20(24)19(26-21(22)25)12-17-11-15(4)23(16(17)5)18-9-13(2)8-14(3)10-18/h8-12H,6-7H2,1-5H3/b19-12+. The van der Waals surface area contributed by atoms with Gasteiger partial charge in [-0.3, -0.25) is 14.5 Å². The van der Waals surface area contributed by atoms with Gasteiger partial charge in [0, 0.05) is 23.6 Å². The zero-order valence-electron chi connectivity index (χ0n) is 15.9. The Labute approximate surface area is 158 Å². The molecule has 136 valence electrons. The van der Waals surface area contributed by atoms with Crippen LogP contribution in [0.2, 0.25) is 0 Å². The van der Waals surface area contributed by atoms with E-state index < -0.39 is 0 Å². The maximum Gasteiger partial charge on any atom is 0.293 e. The topological polar surface area (TPSA) is 42.3 Å². The molecule has 0 bridgehead atoms. The SMILES string of the molecule is CCCN1C(=O)S/C(=C/c2cc(C)n(-c3cc(C)cc(C)c3)c2C)C1=O. The summed E-state index contributed by atoms with van der Waals surface area (Å²) in [6, 6.07) is 8.54. The number of rotatable bonds is 4. The molecule has 1 aliphatic rings. The zero-order valence-corrected chi connectivity index (χ0v) is 16.7. The summed E-state index contributed by atoms with van der Waals surface area (Å²) in [6.07, 6.45) is 2.62. The number of aromatic nitrogens is 1. The first-order valence-corrected chi connectivity index (χ1v) is 9.66. The van der Waals surface area contributed by atoms with Crippen LogP contribution < -0.4 is 0 Å². The number of imide groups is 1. The summed E-state index contributed by atoms with van der Waals surface area (Å²) in [5.41, 5.74) is 6.70. The summed E-state index contributed by atoms with van der Waals surface area (Å²) in [5.74, 6) is -0.182. The lowest BCUT2D eigenvalue weighted by atomic mass is 10.1. The van der Waals surface area contributed by atoms with Crippen molar-refractivity contribution in [1.29, 1.82) is 0 Å². The smallest absolute Gasteiger partial charge is 0.293 e. The summed E-state index contributed by atoms with van der Waals surface area (Å²) in [6.45, 7) is 10.7. The second-order valence-electron chi connectivity index (χ2n) is 6.84. The maximum atomic E-state index is 12.5. The van der Waals surface area contributed by atoms with Crippen LogP contribution in [0.3, 0.4) is 0 Å². The van der Waals surface area contributed by atoms with Gasteiger partial charge in [-0.05, 0) is 86.8 Å². The van der Waals surface area contributed by atoms with Crippen molar-refractivity contribution in [2.24, 2.45) is 0 Å². The summed E-state index contributed by atoms with van der Waals surface area (Å²) < 4.78 is 2.20. The van der Waals surface area contributed by atoms with Gasteiger partial charge < -0.3 is 4.57 Å². The minimum atomic E-state index is -0.182. The van der Waals surface area contributed by atoms with E-state index in [1.54, 1.807) is 0 Å². The molecule has 0 saturated carbocycles. The van der Waals surface area contributed by atoms with E-state index in [4.69, 9.17) is 0 Å². The summed E-state index contributed by atoms with van der Waals surface area (Å²) >= 11 is 1.03. The van der Waals surface area contributed by atoms with Crippen LogP contribution in [0.5, 0.6) is 0 Å². The van der Waals surface area contributed by atoms with Gasteiger partial charge in [0.25, 0.3) is 11.1 Å². The second-order valence-corrected chi connectivity index (χ2v) is 7.83. The lowest BCUT2D eigenvalue weighted by Gasteiger charge is -2.12.